The summed E-state index contributed by atoms with van der Waals surface area (Å²) < 4.78 is 0. The molecule has 0 aromatic heterocycles. The maximum absolute atomic E-state index is 9.66. The summed E-state index contributed by atoms with van der Waals surface area (Å²) in [5, 5.41) is 27.1. The van der Waals surface area contributed by atoms with Crippen LogP contribution in [0.4, 0.5) is 17.1 Å². The fourth-order valence-corrected chi connectivity index (χ4v) is 1.91. The van der Waals surface area contributed by atoms with Crippen LogP contribution >= 0.6 is 0 Å². The summed E-state index contributed by atoms with van der Waals surface area (Å²) in [6, 6.07) is 9.98. The molecule has 20 heavy (non-hydrogen) atoms. The fraction of sp³-hybridized carbons (Fsp3) is 0.200. The summed E-state index contributed by atoms with van der Waals surface area (Å²) in [5.74, 6) is -0.109. The topological polar surface area (TPSA) is 68.4 Å². The van der Waals surface area contributed by atoms with Gasteiger partial charge in [-0.15, -0.1) is 5.11 Å². The smallest absolute Gasteiger partial charge is 0.146 e. The van der Waals surface area contributed by atoms with Crippen molar-refractivity contribution >= 4 is 17.1 Å². The van der Waals surface area contributed by atoms with Gasteiger partial charge in [-0.1, -0.05) is 6.07 Å². The van der Waals surface area contributed by atoms with Gasteiger partial charge in [-0.3, -0.25) is 0 Å². The molecule has 104 valence electrons. The Hall–Kier alpha value is -2.56. The molecular formula is C15H17N3O2. The van der Waals surface area contributed by atoms with Gasteiger partial charge >= 0.3 is 0 Å². The third kappa shape index (κ3) is 2.88. The van der Waals surface area contributed by atoms with Crippen LogP contribution in [0.2, 0.25) is 0 Å². The number of phenols is 2. The molecule has 5 nitrogen and oxygen atoms in total. The first-order chi connectivity index (χ1) is 9.49. The van der Waals surface area contributed by atoms with E-state index in [-0.39, 0.29) is 11.5 Å². The molecule has 0 fully saturated rings. The lowest BCUT2D eigenvalue weighted by atomic mass is 10.1. The predicted octanol–water partition coefficient (Wildman–Crippen LogP) is 3.89. The Morgan fingerprint density at radius 1 is 0.950 bits per heavy atom. The molecule has 0 saturated heterocycles. The minimum Gasteiger partial charge on any atom is -0.508 e. The molecule has 0 atom stereocenters. The molecule has 2 N–H and O–H groups in total. The van der Waals surface area contributed by atoms with Gasteiger partial charge in [0.2, 0.25) is 0 Å². The molecule has 0 aliphatic heterocycles. The Morgan fingerprint density at radius 3 is 2.30 bits per heavy atom. The Kier molecular flexibility index (Phi) is 3.89. The van der Waals surface area contributed by atoms with Gasteiger partial charge in [0.1, 0.15) is 17.2 Å². The zero-order chi connectivity index (χ0) is 14.7. The van der Waals surface area contributed by atoms with E-state index in [1.165, 1.54) is 18.2 Å². The second-order valence-electron chi connectivity index (χ2n) is 4.69. The number of benzene rings is 2. The molecule has 0 bridgehead atoms. The largest absolute Gasteiger partial charge is 0.508 e. The number of nitrogens with zero attached hydrogens (tertiary/aromatic N) is 3. The molecule has 0 radical (unpaired) electrons. The highest BCUT2D eigenvalue weighted by molar-refractivity contribution is 5.63. The summed E-state index contributed by atoms with van der Waals surface area (Å²) in [4.78, 5) is 2.01. The molecule has 0 saturated carbocycles. The second kappa shape index (κ2) is 5.61. The molecule has 0 amide bonds. The Labute approximate surface area is 117 Å². The van der Waals surface area contributed by atoms with Gasteiger partial charge in [-0.25, -0.2) is 0 Å². The Bertz CT molecular complexity index is 652. The fourth-order valence-electron chi connectivity index (χ4n) is 1.91. The van der Waals surface area contributed by atoms with Crippen molar-refractivity contribution in [2.45, 2.75) is 6.92 Å². The molecule has 0 unspecified atom stereocenters. The van der Waals surface area contributed by atoms with Crippen molar-refractivity contribution in [3.8, 4) is 11.5 Å². The van der Waals surface area contributed by atoms with Gasteiger partial charge in [-0.05, 0) is 36.8 Å². The van der Waals surface area contributed by atoms with Gasteiger partial charge in [0.25, 0.3) is 0 Å². The van der Waals surface area contributed by atoms with Crippen molar-refractivity contribution in [3.05, 3.63) is 42.0 Å². The maximum Gasteiger partial charge on any atom is 0.146 e. The third-order valence-corrected chi connectivity index (χ3v) is 2.98. The first-order valence-corrected chi connectivity index (χ1v) is 6.19. The minimum absolute atomic E-state index is 0.00719. The van der Waals surface area contributed by atoms with Crippen molar-refractivity contribution in [2.75, 3.05) is 19.0 Å². The molecule has 2 rings (SSSR count). The molecule has 0 spiro atoms. The summed E-state index contributed by atoms with van der Waals surface area (Å²) in [5.41, 5.74) is 3.14. The van der Waals surface area contributed by atoms with Crippen molar-refractivity contribution in [1.82, 2.24) is 0 Å². The number of phenolic OH excluding ortho intramolecular Hbond substituents is 2. The highest BCUT2D eigenvalue weighted by Crippen LogP contribution is 2.33. The number of hydrogen-bond donors (Lipinski definition) is 2. The van der Waals surface area contributed by atoms with Crippen LogP contribution in [0.25, 0.3) is 0 Å². The van der Waals surface area contributed by atoms with Crippen LogP contribution in [0.3, 0.4) is 0 Å². The molecule has 0 heterocycles. The number of anilines is 1. The standard InChI is InChI=1S/C15H17N3O2/c1-10-12(5-4-6-14(10)18(2)3)16-17-13-8-7-11(19)9-15(13)20/h4-9,19-20H,1-3H3. The van der Waals surface area contributed by atoms with E-state index in [2.05, 4.69) is 10.2 Å². The summed E-state index contributed by atoms with van der Waals surface area (Å²) in [6.07, 6.45) is 0. The quantitative estimate of drug-likeness (QED) is 0.832. The zero-order valence-corrected chi connectivity index (χ0v) is 11.7. The number of rotatable bonds is 3. The predicted molar refractivity (Wildman–Crippen MR) is 79.5 cm³/mol. The zero-order valence-electron chi connectivity index (χ0n) is 11.7. The molecule has 5 heteroatoms. The normalized spacial score (nSPS) is 10.9. The van der Waals surface area contributed by atoms with E-state index in [1.807, 2.05) is 44.1 Å². The van der Waals surface area contributed by atoms with Crippen molar-refractivity contribution in [3.63, 3.8) is 0 Å². The van der Waals surface area contributed by atoms with E-state index in [4.69, 9.17) is 0 Å². The van der Waals surface area contributed by atoms with Gasteiger partial charge < -0.3 is 15.1 Å². The number of aromatic hydroxyl groups is 2. The van der Waals surface area contributed by atoms with Crippen LogP contribution in [0.1, 0.15) is 5.56 Å². The highest BCUT2D eigenvalue weighted by Gasteiger charge is 2.05. The summed E-state index contributed by atoms with van der Waals surface area (Å²) >= 11 is 0. The molecule has 2 aromatic carbocycles. The number of hydrogen-bond acceptors (Lipinski definition) is 5. The highest BCUT2D eigenvalue weighted by atomic mass is 16.3. The Morgan fingerprint density at radius 2 is 1.65 bits per heavy atom. The van der Waals surface area contributed by atoms with Crippen LogP contribution in [0.5, 0.6) is 11.5 Å². The first kappa shape index (κ1) is 13.9. The van der Waals surface area contributed by atoms with E-state index in [1.54, 1.807) is 0 Å². The van der Waals surface area contributed by atoms with Gasteiger partial charge in [0.15, 0.2) is 0 Å². The van der Waals surface area contributed by atoms with Gasteiger partial charge in [0, 0.05) is 25.8 Å². The monoisotopic (exact) mass is 271 g/mol. The van der Waals surface area contributed by atoms with Crippen molar-refractivity contribution in [1.29, 1.82) is 0 Å². The molecule has 2 aromatic rings. The average Bonchev–Trinajstić information content (AvgIpc) is 2.39. The second-order valence-corrected chi connectivity index (χ2v) is 4.69. The van der Waals surface area contributed by atoms with Crippen LogP contribution in [0, 0.1) is 6.92 Å². The molecule has 0 aliphatic carbocycles. The lowest BCUT2D eigenvalue weighted by molar-refractivity contribution is 0.451. The van der Waals surface area contributed by atoms with Crippen LogP contribution in [0.15, 0.2) is 46.6 Å². The van der Waals surface area contributed by atoms with E-state index in [9.17, 15) is 10.2 Å². The maximum atomic E-state index is 9.66. The van der Waals surface area contributed by atoms with E-state index >= 15 is 0 Å². The lowest BCUT2D eigenvalue weighted by Crippen LogP contribution is -2.09. The summed E-state index contributed by atoms with van der Waals surface area (Å²) in [7, 11) is 3.93. The van der Waals surface area contributed by atoms with Crippen LogP contribution < -0.4 is 4.90 Å². The van der Waals surface area contributed by atoms with Crippen LogP contribution in [-0.4, -0.2) is 24.3 Å². The first-order valence-electron chi connectivity index (χ1n) is 6.19. The van der Waals surface area contributed by atoms with Crippen LogP contribution in [-0.2, 0) is 0 Å². The van der Waals surface area contributed by atoms with E-state index < -0.39 is 0 Å². The van der Waals surface area contributed by atoms with Gasteiger partial charge in [-0.2, -0.15) is 5.11 Å². The van der Waals surface area contributed by atoms with E-state index in [0.717, 1.165) is 16.9 Å². The molecular weight excluding hydrogens is 254 g/mol. The van der Waals surface area contributed by atoms with Crippen molar-refractivity contribution in [2.24, 2.45) is 10.2 Å². The SMILES string of the molecule is Cc1c(N=Nc2ccc(O)cc2O)cccc1N(C)C. The average molecular weight is 271 g/mol. The minimum atomic E-state index is -0.102. The van der Waals surface area contributed by atoms with Crippen molar-refractivity contribution < 1.29 is 10.2 Å². The van der Waals surface area contributed by atoms with Gasteiger partial charge in [0.05, 0.1) is 5.69 Å². The Balaban J connectivity index is 2.34. The number of azo groups is 1. The third-order valence-electron chi connectivity index (χ3n) is 2.98. The molecule has 0 aliphatic rings. The summed E-state index contributed by atoms with van der Waals surface area (Å²) in [6.45, 7) is 1.97. The lowest BCUT2D eigenvalue weighted by Gasteiger charge is -2.16. The van der Waals surface area contributed by atoms with E-state index in [0.29, 0.717) is 5.69 Å².